The van der Waals surface area contributed by atoms with Crippen LogP contribution in [0.4, 0.5) is 10.8 Å². The van der Waals surface area contributed by atoms with Crippen molar-refractivity contribution in [1.82, 2.24) is 4.98 Å². The molecule has 0 aliphatic rings. The van der Waals surface area contributed by atoms with E-state index in [4.69, 9.17) is 4.74 Å². The second kappa shape index (κ2) is 9.66. The number of nitrogens with zero attached hydrogens (tertiary/aromatic N) is 1. The molecule has 0 radical (unpaired) electrons. The minimum atomic E-state index is -0.226. The standard InChI is InChI=1S/C26H25N3O2S/c1-17-9-7-14-23(27-17)28-24(20-12-8-13-21(16-20)31-3)22-15-18(2)32-26(22)29-25(30)19-10-5-4-6-11-19/h4-16,24H,1-3H3,(H,27,28)(H,29,30)/t24-/m1/s1. The molecule has 5 nitrogen and oxygen atoms in total. The fraction of sp³-hybridized carbons (Fsp3) is 0.154. The number of nitrogens with one attached hydrogen (secondary N) is 2. The number of aromatic nitrogens is 1. The zero-order chi connectivity index (χ0) is 22.5. The molecule has 0 bridgehead atoms. The summed E-state index contributed by atoms with van der Waals surface area (Å²) in [6.07, 6.45) is 0. The minimum absolute atomic E-state index is 0.133. The quantitative estimate of drug-likeness (QED) is 0.356. The van der Waals surface area contributed by atoms with E-state index >= 15 is 0 Å². The third kappa shape index (κ3) is 4.98. The highest BCUT2D eigenvalue weighted by Gasteiger charge is 2.22. The van der Waals surface area contributed by atoms with Gasteiger partial charge in [0, 0.05) is 21.7 Å². The number of rotatable bonds is 7. The summed E-state index contributed by atoms with van der Waals surface area (Å²) in [5.41, 5.74) is 3.54. The van der Waals surface area contributed by atoms with Gasteiger partial charge in [-0.25, -0.2) is 4.98 Å². The number of thiophene rings is 1. The summed E-state index contributed by atoms with van der Waals surface area (Å²) in [5, 5.41) is 7.48. The van der Waals surface area contributed by atoms with Gasteiger partial charge in [0.05, 0.1) is 13.2 Å². The SMILES string of the molecule is COc1cccc([C@@H](Nc2cccc(C)n2)c2cc(C)sc2NC(=O)c2ccccc2)c1. The number of ether oxygens (including phenoxy) is 1. The Kier molecular flexibility index (Phi) is 6.52. The number of methoxy groups -OCH3 is 1. The zero-order valence-corrected chi connectivity index (χ0v) is 19.1. The van der Waals surface area contributed by atoms with Crippen molar-refractivity contribution in [2.75, 3.05) is 17.7 Å². The lowest BCUT2D eigenvalue weighted by Crippen LogP contribution is -2.17. The molecule has 2 N–H and O–H groups in total. The van der Waals surface area contributed by atoms with Crippen LogP contribution in [0.3, 0.4) is 0 Å². The Morgan fingerprint density at radius 1 is 0.969 bits per heavy atom. The Hall–Kier alpha value is -3.64. The zero-order valence-electron chi connectivity index (χ0n) is 18.3. The lowest BCUT2D eigenvalue weighted by molar-refractivity contribution is 0.102. The van der Waals surface area contributed by atoms with Crippen molar-refractivity contribution in [3.8, 4) is 5.75 Å². The molecule has 162 valence electrons. The first-order valence-corrected chi connectivity index (χ1v) is 11.2. The van der Waals surface area contributed by atoms with Gasteiger partial charge in [0.2, 0.25) is 0 Å². The highest BCUT2D eigenvalue weighted by atomic mass is 32.1. The van der Waals surface area contributed by atoms with Gasteiger partial charge >= 0.3 is 0 Å². The van der Waals surface area contributed by atoms with Crippen LogP contribution in [0, 0.1) is 13.8 Å². The van der Waals surface area contributed by atoms with Crippen LogP contribution in [-0.4, -0.2) is 18.0 Å². The molecule has 6 heteroatoms. The molecule has 2 aromatic heterocycles. The summed E-state index contributed by atoms with van der Waals surface area (Å²) in [4.78, 5) is 18.6. The fourth-order valence-corrected chi connectivity index (χ4v) is 4.49. The van der Waals surface area contributed by atoms with E-state index in [0.29, 0.717) is 5.56 Å². The van der Waals surface area contributed by atoms with Crippen molar-refractivity contribution in [2.24, 2.45) is 0 Å². The minimum Gasteiger partial charge on any atom is -0.497 e. The second-order valence-corrected chi connectivity index (χ2v) is 8.74. The van der Waals surface area contributed by atoms with Crippen molar-refractivity contribution >= 4 is 28.1 Å². The molecule has 0 fully saturated rings. The van der Waals surface area contributed by atoms with E-state index in [0.717, 1.165) is 38.3 Å². The molecule has 2 heterocycles. The number of anilines is 2. The molecule has 4 rings (SSSR count). The monoisotopic (exact) mass is 443 g/mol. The Labute approximate surface area is 192 Å². The lowest BCUT2D eigenvalue weighted by Gasteiger charge is -2.22. The van der Waals surface area contributed by atoms with Crippen LogP contribution in [0.25, 0.3) is 0 Å². The molecular weight excluding hydrogens is 418 g/mol. The first-order chi connectivity index (χ1) is 15.5. The van der Waals surface area contributed by atoms with Gasteiger partial charge in [0.15, 0.2) is 0 Å². The highest BCUT2D eigenvalue weighted by Crippen LogP contribution is 2.38. The van der Waals surface area contributed by atoms with E-state index < -0.39 is 0 Å². The smallest absolute Gasteiger partial charge is 0.256 e. The van der Waals surface area contributed by atoms with Gasteiger partial charge in [-0.15, -0.1) is 11.3 Å². The number of amides is 1. The van der Waals surface area contributed by atoms with Gasteiger partial charge in [-0.3, -0.25) is 4.79 Å². The third-order valence-corrected chi connectivity index (χ3v) is 6.05. The topological polar surface area (TPSA) is 63.2 Å². The van der Waals surface area contributed by atoms with Gasteiger partial charge in [0.1, 0.15) is 16.6 Å². The maximum absolute atomic E-state index is 12.9. The average Bonchev–Trinajstić information content (AvgIpc) is 3.17. The predicted molar refractivity (Wildman–Crippen MR) is 131 cm³/mol. The molecule has 0 saturated carbocycles. The second-order valence-electron chi connectivity index (χ2n) is 7.48. The molecule has 4 aromatic rings. The van der Waals surface area contributed by atoms with E-state index in [9.17, 15) is 4.79 Å². The summed E-state index contributed by atoms with van der Waals surface area (Å²) in [7, 11) is 1.66. The van der Waals surface area contributed by atoms with Gasteiger partial charge < -0.3 is 15.4 Å². The number of hydrogen-bond donors (Lipinski definition) is 2. The maximum atomic E-state index is 12.9. The predicted octanol–water partition coefficient (Wildman–Crippen LogP) is 6.22. The van der Waals surface area contributed by atoms with Gasteiger partial charge in [0.25, 0.3) is 5.91 Å². The number of carbonyl (C=O) groups excluding carboxylic acids is 1. The molecule has 32 heavy (non-hydrogen) atoms. The van der Waals surface area contributed by atoms with Crippen molar-refractivity contribution in [1.29, 1.82) is 0 Å². The number of benzene rings is 2. The Morgan fingerprint density at radius 3 is 2.50 bits per heavy atom. The highest BCUT2D eigenvalue weighted by molar-refractivity contribution is 7.16. The Balaban J connectivity index is 1.74. The van der Waals surface area contributed by atoms with Crippen molar-refractivity contribution in [3.63, 3.8) is 0 Å². The van der Waals surface area contributed by atoms with Crippen molar-refractivity contribution in [3.05, 3.63) is 106 Å². The molecule has 1 amide bonds. The summed E-state index contributed by atoms with van der Waals surface area (Å²) in [6.45, 7) is 4.01. The average molecular weight is 444 g/mol. The van der Waals surface area contributed by atoms with E-state index in [1.165, 1.54) is 0 Å². The Morgan fingerprint density at radius 2 is 1.75 bits per heavy atom. The van der Waals surface area contributed by atoms with E-state index in [1.807, 2.05) is 86.6 Å². The summed E-state index contributed by atoms with van der Waals surface area (Å²) in [5.74, 6) is 1.40. The fourth-order valence-electron chi connectivity index (χ4n) is 3.54. The number of aryl methyl sites for hydroxylation is 2. The van der Waals surface area contributed by atoms with E-state index in [2.05, 4.69) is 21.7 Å². The Bertz CT molecular complexity index is 1220. The summed E-state index contributed by atoms with van der Waals surface area (Å²) < 4.78 is 5.46. The molecule has 1 atom stereocenters. The van der Waals surface area contributed by atoms with E-state index in [-0.39, 0.29) is 11.9 Å². The number of pyridine rings is 1. The van der Waals surface area contributed by atoms with Crippen LogP contribution in [0.1, 0.15) is 38.1 Å². The van der Waals surface area contributed by atoms with Crippen LogP contribution < -0.4 is 15.4 Å². The van der Waals surface area contributed by atoms with Crippen LogP contribution in [-0.2, 0) is 0 Å². The molecular formula is C26H25N3O2S. The number of hydrogen-bond acceptors (Lipinski definition) is 5. The molecule has 2 aromatic carbocycles. The van der Waals surface area contributed by atoms with Crippen LogP contribution in [0.2, 0.25) is 0 Å². The normalized spacial score (nSPS) is 11.6. The third-order valence-electron chi connectivity index (χ3n) is 5.07. The number of carbonyl (C=O) groups is 1. The first-order valence-electron chi connectivity index (χ1n) is 10.3. The van der Waals surface area contributed by atoms with Gasteiger partial charge in [-0.05, 0) is 61.9 Å². The summed E-state index contributed by atoms with van der Waals surface area (Å²) >= 11 is 1.56. The lowest BCUT2D eigenvalue weighted by atomic mass is 9.99. The van der Waals surface area contributed by atoms with E-state index in [1.54, 1.807) is 18.4 Å². The van der Waals surface area contributed by atoms with Crippen LogP contribution in [0.5, 0.6) is 5.75 Å². The maximum Gasteiger partial charge on any atom is 0.256 e. The van der Waals surface area contributed by atoms with Crippen molar-refractivity contribution < 1.29 is 9.53 Å². The van der Waals surface area contributed by atoms with Gasteiger partial charge in [-0.2, -0.15) is 0 Å². The van der Waals surface area contributed by atoms with Crippen molar-refractivity contribution in [2.45, 2.75) is 19.9 Å². The molecule has 0 spiro atoms. The molecule has 0 aliphatic carbocycles. The largest absolute Gasteiger partial charge is 0.497 e. The van der Waals surface area contributed by atoms with Crippen LogP contribution >= 0.6 is 11.3 Å². The molecule has 0 saturated heterocycles. The van der Waals surface area contributed by atoms with Crippen LogP contribution in [0.15, 0.2) is 78.9 Å². The molecule has 0 aliphatic heterocycles. The molecule has 0 unspecified atom stereocenters. The van der Waals surface area contributed by atoms with Gasteiger partial charge in [-0.1, -0.05) is 36.4 Å². The first kappa shape index (κ1) is 21.6. The summed E-state index contributed by atoms with van der Waals surface area (Å²) in [6, 6.07) is 24.9.